The lowest BCUT2D eigenvalue weighted by molar-refractivity contribution is -0.136. The SMILES string of the molecule is CN(C)C(=O)N1CCC(C(=O)N2CCC3(CCCN(CC4CCCCC4)C3)C2)CC1. The van der Waals surface area contributed by atoms with E-state index in [-0.39, 0.29) is 11.9 Å². The Labute approximate surface area is 182 Å². The van der Waals surface area contributed by atoms with Gasteiger partial charge in [-0.3, -0.25) is 4.79 Å². The standard InChI is InChI=1S/C24H42N4O2/c1-25(2)23(30)27-14-9-21(10-15-27)22(29)28-16-12-24(19-28)11-6-13-26(18-24)17-20-7-4-3-5-8-20/h20-21H,3-19H2,1-2H3. The molecule has 4 fully saturated rings. The number of urea groups is 1. The van der Waals surface area contributed by atoms with Crippen LogP contribution in [0.2, 0.25) is 0 Å². The van der Waals surface area contributed by atoms with Gasteiger partial charge in [-0.15, -0.1) is 0 Å². The molecular weight excluding hydrogens is 376 g/mol. The summed E-state index contributed by atoms with van der Waals surface area (Å²) >= 11 is 0. The van der Waals surface area contributed by atoms with E-state index in [0.29, 0.717) is 24.4 Å². The zero-order valence-corrected chi connectivity index (χ0v) is 19.3. The van der Waals surface area contributed by atoms with Gasteiger partial charge in [0.05, 0.1) is 0 Å². The molecule has 1 saturated carbocycles. The van der Waals surface area contributed by atoms with Crippen LogP contribution in [0.5, 0.6) is 0 Å². The van der Waals surface area contributed by atoms with Gasteiger partial charge in [-0.05, 0) is 57.4 Å². The molecule has 1 aliphatic carbocycles. The van der Waals surface area contributed by atoms with Gasteiger partial charge in [-0.2, -0.15) is 0 Å². The number of hydrogen-bond donors (Lipinski definition) is 0. The number of carbonyl (C=O) groups excluding carboxylic acids is 2. The lowest BCUT2D eigenvalue weighted by Crippen LogP contribution is -2.49. The van der Waals surface area contributed by atoms with Crippen molar-refractivity contribution < 1.29 is 9.59 Å². The molecule has 0 radical (unpaired) electrons. The van der Waals surface area contributed by atoms with Crippen LogP contribution in [-0.4, -0.2) is 91.4 Å². The molecule has 170 valence electrons. The summed E-state index contributed by atoms with van der Waals surface area (Å²) < 4.78 is 0. The van der Waals surface area contributed by atoms with E-state index in [4.69, 9.17) is 0 Å². The van der Waals surface area contributed by atoms with Crippen molar-refractivity contribution >= 4 is 11.9 Å². The van der Waals surface area contributed by atoms with E-state index in [1.54, 1.807) is 19.0 Å². The summed E-state index contributed by atoms with van der Waals surface area (Å²) in [5.74, 6) is 1.37. The Balaban J connectivity index is 1.27. The molecule has 0 aromatic heterocycles. The lowest BCUT2D eigenvalue weighted by atomic mass is 9.78. The quantitative estimate of drug-likeness (QED) is 0.707. The van der Waals surface area contributed by atoms with Gasteiger partial charge < -0.3 is 19.6 Å². The maximum atomic E-state index is 13.2. The van der Waals surface area contributed by atoms with Gasteiger partial charge in [0.2, 0.25) is 5.91 Å². The van der Waals surface area contributed by atoms with Crippen LogP contribution in [0.15, 0.2) is 0 Å². The van der Waals surface area contributed by atoms with Crippen molar-refractivity contribution in [3.63, 3.8) is 0 Å². The molecule has 3 amide bonds. The summed E-state index contributed by atoms with van der Waals surface area (Å²) in [5.41, 5.74) is 0.337. The predicted octanol–water partition coefficient (Wildman–Crippen LogP) is 3.27. The van der Waals surface area contributed by atoms with Crippen LogP contribution < -0.4 is 0 Å². The molecule has 0 aromatic carbocycles. The van der Waals surface area contributed by atoms with Crippen molar-refractivity contribution in [1.29, 1.82) is 0 Å². The van der Waals surface area contributed by atoms with E-state index in [1.165, 1.54) is 71.0 Å². The monoisotopic (exact) mass is 418 g/mol. The second-order valence-corrected chi connectivity index (χ2v) is 10.8. The molecule has 1 spiro atoms. The second kappa shape index (κ2) is 9.46. The molecule has 3 saturated heterocycles. The largest absolute Gasteiger partial charge is 0.342 e. The summed E-state index contributed by atoms with van der Waals surface area (Å²) in [6.45, 7) is 7.06. The molecule has 4 aliphatic rings. The molecule has 6 nitrogen and oxygen atoms in total. The first-order valence-corrected chi connectivity index (χ1v) is 12.4. The maximum absolute atomic E-state index is 13.2. The lowest BCUT2D eigenvalue weighted by Gasteiger charge is -2.42. The first-order chi connectivity index (χ1) is 14.5. The highest BCUT2D eigenvalue weighted by atomic mass is 16.2. The topological polar surface area (TPSA) is 47.1 Å². The van der Waals surface area contributed by atoms with E-state index in [9.17, 15) is 9.59 Å². The Bertz CT molecular complexity index is 610. The minimum atomic E-state index is 0.0706. The number of carbonyl (C=O) groups is 2. The van der Waals surface area contributed by atoms with Crippen molar-refractivity contribution in [1.82, 2.24) is 19.6 Å². The van der Waals surface area contributed by atoms with E-state index >= 15 is 0 Å². The maximum Gasteiger partial charge on any atom is 0.319 e. The number of amides is 3. The highest BCUT2D eigenvalue weighted by Crippen LogP contribution is 2.40. The number of nitrogens with zero attached hydrogens (tertiary/aromatic N) is 4. The Morgan fingerprint density at radius 3 is 2.27 bits per heavy atom. The normalized spacial score (nSPS) is 29.5. The molecule has 4 rings (SSSR count). The van der Waals surface area contributed by atoms with E-state index in [0.717, 1.165) is 31.8 Å². The summed E-state index contributed by atoms with van der Waals surface area (Å²) in [5, 5.41) is 0. The van der Waals surface area contributed by atoms with Crippen LogP contribution in [0, 0.1) is 17.3 Å². The van der Waals surface area contributed by atoms with Crippen molar-refractivity contribution in [3.05, 3.63) is 0 Å². The Hall–Kier alpha value is -1.30. The van der Waals surface area contributed by atoms with E-state index in [2.05, 4.69) is 9.80 Å². The van der Waals surface area contributed by atoms with Crippen molar-refractivity contribution in [2.75, 3.05) is 59.9 Å². The number of rotatable bonds is 3. The van der Waals surface area contributed by atoms with Gasteiger partial charge >= 0.3 is 6.03 Å². The van der Waals surface area contributed by atoms with Gasteiger partial charge in [0.15, 0.2) is 0 Å². The van der Waals surface area contributed by atoms with Gasteiger partial charge in [0.25, 0.3) is 0 Å². The molecule has 3 aliphatic heterocycles. The van der Waals surface area contributed by atoms with Gasteiger partial charge in [0.1, 0.15) is 0 Å². The van der Waals surface area contributed by atoms with Crippen LogP contribution in [0.1, 0.15) is 64.2 Å². The average Bonchev–Trinajstić information content (AvgIpc) is 3.16. The average molecular weight is 419 g/mol. The summed E-state index contributed by atoms with van der Waals surface area (Å²) in [7, 11) is 3.59. The Morgan fingerprint density at radius 1 is 0.833 bits per heavy atom. The van der Waals surface area contributed by atoms with Crippen molar-refractivity contribution in [3.8, 4) is 0 Å². The third kappa shape index (κ3) is 4.95. The number of piperidine rings is 2. The Kier molecular flexibility index (Phi) is 6.91. The first kappa shape index (κ1) is 21.9. The molecule has 3 heterocycles. The highest BCUT2D eigenvalue weighted by Gasteiger charge is 2.44. The van der Waals surface area contributed by atoms with Crippen LogP contribution >= 0.6 is 0 Å². The van der Waals surface area contributed by atoms with Crippen LogP contribution in [-0.2, 0) is 4.79 Å². The molecular formula is C24H42N4O2. The van der Waals surface area contributed by atoms with Gasteiger partial charge in [-0.1, -0.05) is 19.3 Å². The van der Waals surface area contributed by atoms with Crippen LogP contribution in [0.25, 0.3) is 0 Å². The third-order valence-corrected chi connectivity index (χ3v) is 8.23. The molecule has 0 aromatic rings. The van der Waals surface area contributed by atoms with Gasteiger partial charge in [-0.25, -0.2) is 4.79 Å². The highest BCUT2D eigenvalue weighted by molar-refractivity contribution is 5.80. The second-order valence-electron chi connectivity index (χ2n) is 10.8. The summed E-state index contributed by atoms with van der Waals surface area (Å²) in [4.78, 5) is 33.8. The fourth-order valence-electron chi connectivity index (χ4n) is 6.52. The smallest absolute Gasteiger partial charge is 0.319 e. The molecule has 6 heteroatoms. The fourth-order valence-corrected chi connectivity index (χ4v) is 6.52. The molecule has 1 atom stereocenters. The number of hydrogen-bond acceptors (Lipinski definition) is 3. The third-order valence-electron chi connectivity index (χ3n) is 8.23. The molecule has 1 unspecified atom stereocenters. The summed E-state index contributed by atoms with van der Waals surface area (Å²) in [6, 6.07) is 0.0706. The van der Waals surface area contributed by atoms with Gasteiger partial charge in [0, 0.05) is 64.7 Å². The minimum Gasteiger partial charge on any atom is -0.342 e. The van der Waals surface area contributed by atoms with Crippen LogP contribution in [0.3, 0.4) is 0 Å². The Morgan fingerprint density at radius 2 is 1.57 bits per heavy atom. The van der Waals surface area contributed by atoms with Crippen molar-refractivity contribution in [2.45, 2.75) is 64.2 Å². The minimum absolute atomic E-state index is 0.0706. The van der Waals surface area contributed by atoms with E-state index in [1.807, 2.05) is 4.90 Å². The molecule has 30 heavy (non-hydrogen) atoms. The molecule has 0 N–H and O–H groups in total. The zero-order valence-electron chi connectivity index (χ0n) is 19.3. The summed E-state index contributed by atoms with van der Waals surface area (Å²) in [6.07, 6.45) is 12.5. The fraction of sp³-hybridized carbons (Fsp3) is 0.917. The zero-order chi connectivity index (χ0) is 21.1. The van der Waals surface area contributed by atoms with Crippen molar-refractivity contribution in [2.24, 2.45) is 17.3 Å². The van der Waals surface area contributed by atoms with E-state index < -0.39 is 0 Å². The molecule has 0 bridgehead atoms. The number of likely N-dealkylation sites (tertiary alicyclic amines) is 3. The first-order valence-electron chi connectivity index (χ1n) is 12.4. The predicted molar refractivity (Wildman–Crippen MR) is 119 cm³/mol. The van der Waals surface area contributed by atoms with Crippen LogP contribution in [0.4, 0.5) is 4.79 Å².